The molecule has 0 unspecified atom stereocenters. The molecule has 1 fully saturated rings. The van der Waals surface area contributed by atoms with E-state index in [1.165, 1.54) is 18.2 Å². The average molecular weight is 436 g/mol. The van der Waals surface area contributed by atoms with Gasteiger partial charge in [0.15, 0.2) is 0 Å². The third-order valence-corrected chi connectivity index (χ3v) is 6.85. The van der Waals surface area contributed by atoms with Gasteiger partial charge in [-0.25, -0.2) is 12.4 Å². The number of fused-ring (bicyclic) bond motifs is 1. The highest BCUT2D eigenvalue weighted by molar-refractivity contribution is 7.90. The van der Waals surface area contributed by atoms with Crippen LogP contribution >= 0.6 is 0 Å². The first kappa shape index (κ1) is 20.5. The molecule has 3 aromatic rings. The van der Waals surface area contributed by atoms with E-state index in [0.717, 1.165) is 41.8 Å². The third kappa shape index (κ3) is 3.84. The number of aromatic nitrogens is 2. The normalized spacial score (nSPS) is 17.6. The van der Waals surface area contributed by atoms with Gasteiger partial charge in [0.05, 0.1) is 16.1 Å². The van der Waals surface area contributed by atoms with Crippen molar-refractivity contribution in [1.82, 2.24) is 14.3 Å². The summed E-state index contributed by atoms with van der Waals surface area (Å²) in [7, 11) is -4.05. The van der Waals surface area contributed by atoms with Gasteiger partial charge in [0.25, 0.3) is 10.0 Å². The second kappa shape index (κ2) is 8.19. The molecular weight excluding hydrogens is 414 g/mol. The number of halogens is 2. The van der Waals surface area contributed by atoms with Crippen molar-refractivity contribution >= 4 is 26.7 Å². The van der Waals surface area contributed by atoms with Crippen molar-refractivity contribution in [3.8, 4) is 5.75 Å². The lowest BCUT2D eigenvalue weighted by Gasteiger charge is -2.34. The molecule has 1 N–H and O–H groups in total. The van der Waals surface area contributed by atoms with Gasteiger partial charge in [0.2, 0.25) is 0 Å². The van der Waals surface area contributed by atoms with Crippen molar-refractivity contribution in [1.29, 1.82) is 0 Å². The zero-order valence-electron chi connectivity index (χ0n) is 16.3. The molecule has 0 spiro atoms. The van der Waals surface area contributed by atoms with Gasteiger partial charge in [-0.15, -0.1) is 0 Å². The van der Waals surface area contributed by atoms with Crippen LogP contribution in [0.1, 0.15) is 13.3 Å². The minimum absolute atomic E-state index is 0.139. The Labute approximate surface area is 173 Å². The zero-order chi connectivity index (χ0) is 21.3. The molecule has 30 heavy (non-hydrogen) atoms. The SMILES string of the molecule is CC[C@H]1CN(c2cn(S(=O)(=O)c3cccc(OC(F)F)c3)c3cccnc23)CCN1. The standard InChI is InChI=1S/C20H22F2N4O3S/c1-2-14-12-25(10-9-23-14)18-13-26(17-7-4-8-24-19(17)18)30(27,28)16-6-3-5-15(11-16)29-20(21)22/h3-8,11,13-14,20,23H,2,9-10,12H2,1H3/t14-/m0/s1. The highest BCUT2D eigenvalue weighted by Gasteiger charge is 2.27. The van der Waals surface area contributed by atoms with E-state index >= 15 is 0 Å². The van der Waals surface area contributed by atoms with E-state index in [2.05, 4.69) is 26.9 Å². The summed E-state index contributed by atoms with van der Waals surface area (Å²) in [5.74, 6) is -0.214. The number of hydrogen-bond donors (Lipinski definition) is 1. The van der Waals surface area contributed by atoms with Crippen LogP contribution in [0, 0.1) is 0 Å². The summed E-state index contributed by atoms with van der Waals surface area (Å²) in [6, 6.07) is 8.77. The smallest absolute Gasteiger partial charge is 0.387 e. The van der Waals surface area contributed by atoms with E-state index in [-0.39, 0.29) is 10.6 Å². The van der Waals surface area contributed by atoms with Crippen molar-refractivity contribution in [2.75, 3.05) is 24.5 Å². The number of anilines is 1. The van der Waals surface area contributed by atoms with E-state index in [1.54, 1.807) is 24.5 Å². The van der Waals surface area contributed by atoms with Crippen LogP contribution in [-0.2, 0) is 10.0 Å². The number of rotatable bonds is 6. The maximum atomic E-state index is 13.4. The molecule has 1 aliphatic rings. The van der Waals surface area contributed by atoms with Gasteiger partial charge in [0, 0.05) is 44.1 Å². The number of piperazine rings is 1. The van der Waals surface area contributed by atoms with Gasteiger partial charge in [-0.1, -0.05) is 13.0 Å². The lowest BCUT2D eigenvalue weighted by molar-refractivity contribution is -0.0499. The van der Waals surface area contributed by atoms with Crippen LogP contribution in [0.4, 0.5) is 14.5 Å². The fourth-order valence-electron chi connectivity index (χ4n) is 3.69. The van der Waals surface area contributed by atoms with Gasteiger partial charge in [-0.05, 0) is 30.7 Å². The number of hydrogen-bond acceptors (Lipinski definition) is 6. The number of pyridine rings is 1. The molecular formula is C20H22F2N4O3S. The Hall–Kier alpha value is -2.72. The molecule has 0 aliphatic carbocycles. The largest absolute Gasteiger partial charge is 0.435 e. The van der Waals surface area contributed by atoms with Gasteiger partial charge in [-0.3, -0.25) is 4.98 Å². The van der Waals surface area contributed by atoms with Crippen LogP contribution in [0.5, 0.6) is 5.75 Å². The molecule has 1 aliphatic heterocycles. The molecule has 1 aromatic carbocycles. The van der Waals surface area contributed by atoms with Crippen LogP contribution < -0.4 is 15.0 Å². The molecule has 0 radical (unpaired) electrons. The summed E-state index contributed by atoms with van der Waals surface area (Å²) in [6.45, 7) is 1.32. The Morgan fingerprint density at radius 1 is 1.30 bits per heavy atom. The van der Waals surface area contributed by atoms with Crippen LogP contribution in [0.2, 0.25) is 0 Å². The van der Waals surface area contributed by atoms with Crippen LogP contribution in [0.25, 0.3) is 11.0 Å². The van der Waals surface area contributed by atoms with Gasteiger partial charge in [0.1, 0.15) is 11.3 Å². The summed E-state index contributed by atoms with van der Waals surface area (Å²) in [5.41, 5.74) is 1.74. The Kier molecular flexibility index (Phi) is 5.61. The number of ether oxygens (including phenoxy) is 1. The predicted octanol–water partition coefficient (Wildman–Crippen LogP) is 3.06. The molecule has 7 nitrogen and oxygen atoms in total. The number of alkyl halides is 2. The second-order valence-electron chi connectivity index (χ2n) is 7.05. The fraction of sp³-hybridized carbons (Fsp3) is 0.350. The van der Waals surface area contributed by atoms with Crippen LogP contribution in [0.3, 0.4) is 0 Å². The first-order valence-electron chi connectivity index (χ1n) is 9.65. The minimum Gasteiger partial charge on any atom is -0.435 e. The van der Waals surface area contributed by atoms with Crippen LogP contribution in [0.15, 0.2) is 53.7 Å². The zero-order valence-corrected chi connectivity index (χ0v) is 17.1. The van der Waals surface area contributed by atoms with E-state index in [4.69, 9.17) is 0 Å². The lowest BCUT2D eigenvalue weighted by Crippen LogP contribution is -2.50. The molecule has 3 heterocycles. The highest BCUT2D eigenvalue weighted by atomic mass is 32.2. The molecule has 0 bridgehead atoms. The Morgan fingerprint density at radius 2 is 2.13 bits per heavy atom. The lowest BCUT2D eigenvalue weighted by atomic mass is 10.1. The summed E-state index contributed by atoms with van der Waals surface area (Å²) >= 11 is 0. The summed E-state index contributed by atoms with van der Waals surface area (Å²) in [4.78, 5) is 6.41. The predicted molar refractivity (Wildman–Crippen MR) is 110 cm³/mol. The first-order chi connectivity index (χ1) is 14.4. The van der Waals surface area contributed by atoms with E-state index in [1.807, 2.05) is 0 Å². The summed E-state index contributed by atoms with van der Waals surface area (Å²) < 4.78 is 57.4. The molecule has 160 valence electrons. The number of nitrogens with zero attached hydrogens (tertiary/aromatic N) is 3. The summed E-state index contributed by atoms with van der Waals surface area (Å²) in [5, 5.41) is 3.44. The Bertz CT molecular complexity index is 1150. The maximum Gasteiger partial charge on any atom is 0.387 e. The minimum atomic E-state index is -4.05. The van der Waals surface area contributed by atoms with Crippen molar-refractivity contribution in [2.45, 2.75) is 30.9 Å². The molecule has 1 atom stereocenters. The number of nitrogens with one attached hydrogen (secondary N) is 1. The fourth-order valence-corrected chi connectivity index (χ4v) is 5.07. The molecule has 0 amide bonds. The van der Waals surface area contributed by atoms with Gasteiger partial charge < -0.3 is 15.0 Å². The summed E-state index contributed by atoms with van der Waals surface area (Å²) in [6.07, 6.45) is 4.14. The second-order valence-corrected chi connectivity index (χ2v) is 8.86. The van der Waals surface area contributed by atoms with Crippen molar-refractivity contribution in [2.24, 2.45) is 0 Å². The van der Waals surface area contributed by atoms with E-state index in [9.17, 15) is 17.2 Å². The van der Waals surface area contributed by atoms with Crippen molar-refractivity contribution in [3.63, 3.8) is 0 Å². The highest BCUT2D eigenvalue weighted by Crippen LogP contribution is 2.32. The quantitative estimate of drug-likeness (QED) is 0.640. The molecule has 4 rings (SSSR count). The molecule has 0 saturated carbocycles. The monoisotopic (exact) mass is 436 g/mol. The van der Waals surface area contributed by atoms with Crippen molar-refractivity contribution in [3.05, 3.63) is 48.8 Å². The maximum absolute atomic E-state index is 13.4. The average Bonchev–Trinajstić information content (AvgIpc) is 3.14. The topological polar surface area (TPSA) is 76.5 Å². The first-order valence-corrected chi connectivity index (χ1v) is 11.1. The van der Waals surface area contributed by atoms with Crippen molar-refractivity contribution < 1.29 is 21.9 Å². The van der Waals surface area contributed by atoms with E-state index in [0.29, 0.717) is 17.1 Å². The molecule has 10 heteroatoms. The third-order valence-electron chi connectivity index (χ3n) is 5.18. The van der Waals surface area contributed by atoms with Gasteiger partial charge >= 0.3 is 6.61 Å². The Balaban J connectivity index is 1.79. The van der Waals surface area contributed by atoms with Crippen LogP contribution in [-0.4, -0.2) is 49.7 Å². The molecule has 2 aromatic heterocycles. The Morgan fingerprint density at radius 3 is 2.90 bits per heavy atom. The van der Waals surface area contributed by atoms with Gasteiger partial charge in [-0.2, -0.15) is 8.78 Å². The van der Waals surface area contributed by atoms with E-state index < -0.39 is 16.6 Å². The molecule has 1 saturated heterocycles. The number of benzene rings is 1.